The number of phenols is 2. The molecule has 0 saturated heterocycles. The Kier molecular flexibility index (Phi) is 3.73. The zero-order valence-electron chi connectivity index (χ0n) is 17.4. The minimum Gasteiger partial charge on any atom is -0.508 e. The molecule has 0 radical (unpaired) electrons. The summed E-state index contributed by atoms with van der Waals surface area (Å²) in [5.41, 5.74) is 5.65. The van der Waals surface area contributed by atoms with E-state index in [4.69, 9.17) is 0 Å². The van der Waals surface area contributed by atoms with Crippen LogP contribution in [-0.2, 0) is 10.8 Å². The number of aryl methyl sites for hydroxylation is 1. The topological polar surface area (TPSA) is 40.5 Å². The van der Waals surface area contributed by atoms with Gasteiger partial charge in [0, 0.05) is 0 Å². The van der Waals surface area contributed by atoms with E-state index in [0.717, 1.165) is 17.0 Å². The van der Waals surface area contributed by atoms with Gasteiger partial charge in [0.25, 0.3) is 0 Å². The van der Waals surface area contributed by atoms with Crippen LogP contribution in [0.1, 0.15) is 74.1 Å². The van der Waals surface area contributed by atoms with Gasteiger partial charge in [-0.3, -0.25) is 0 Å². The normalized spacial score (nSPS) is 36.0. The van der Waals surface area contributed by atoms with Crippen molar-refractivity contribution in [2.45, 2.75) is 76.5 Å². The maximum absolute atomic E-state index is 10.4. The minimum absolute atomic E-state index is 0.171. The summed E-state index contributed by atoms with van der Waals surface area (Å²) < 4.78 is 0. The average molecular weight is 377 g/mol. The number of aromatic hydroxyl groups is 2. The monoisotopic (exact) mass is 376 g/mol. The number of phenolic OH excluding ortho intramolecular Hbond substituents is 2. The van der Waals surface area contributed by atoms with Crippen LogP contribution in [-0.4, -0.2) is 10.2 Å². The Bertz CT molecular complexity index is 947. The van der Waals surface area contributed by atoms with E-state index in [2.05, 4.69) is 32.0 Å². The van der Waals surface area contributed by atoms with E-state index in [1.54, 1.807) is 0 Å². The molecule has 28 heavy (non-hydrogen) atoms. The highest BCUT2D eigenvalue weighted by molar-refractivity contribution is 5.47. The summed E-state index contributed by atoms with van der Waals surface area (Å²) in [7, 11) is 0. The largest absolute Gasteiger partial charge is 0.508 e. The number of hydrogen-bond acceptors (Lipinski definition) is 2. The van der Waals surface area contributed by atoms with E-state index in [9.17, 15) is 10.2 Å². The van der Waals surface area contributed by atoms with E-state index in [0.29, 0.717) is 16.9 Å². The van der Waals surface area contributed by atoms with Gasteiger partial charge >= 0.3 is 0 Å². The third kappa shape index (κ3) is 2.39. The molecule has 0 heterocycles. The summed E-state index contributed by atoms with van der Waals surface area (Å²) in [4.78, 5) is 0. The van der Waals surface area contributed by atoms with Crippen LogP contribution in [0.25, 0.3) is 0 Å². The second kappa shape index (κ2) is 5.78. The van der Waals surface area contributed by atoms with E-state index in [1.165, 1.54) is 56.1 Å². The summed E-state index contributed by atoms with van der Waals surface area (Å²) in [6, 6.07) is 12.5. The maximum Gasteiger partial charge on any atom is 0.118 e. The zero-order chi connectivity index (χ0) is 19.7. The Morgan fingerprint density at radius 3 is 2.39 bits per heavy atom. The maximum atomic E-state index is 10.4. The molecule has 148 valence electrons. The molecule has 2 N–H and O–H groups in total. The van der Waals surface area contributed by atoms with E-state index < -0.39 is 0 Å². The zero-order valence-corrected chi connectivity index (χ0v) is 17.4. The highest BCUT2D eigenvalue weighted by Crippen LogP contribution is 2.71. The Hall–Kier alpha value is -1.96. The molecule has 4 atom stereocenters. The molecule has 4 unspecified atom stereocenters. The van der Waals surface area contributed by atoms with Crippen LogP contribution in [0.2, 0.25) is 0 Å². The van der Waals surface area contributed by atoms with Crippen LogP contribution in [0.15, 0.2) is 36.4 Å². The molecular weight excluding hydrogens is 344 g/mol. The van der Waals surface area contributed by atoms with Crippen LogP contribution >= 0.6 is 0 Å². The second-order valence-electron chi connectivity index (χ2n) is 10.4. The summed E-state index contributed by atoms with van der Waals surface area (Å²) >= 11 is 0. The van der Waals surface area contributed by atoms with Crippen LogP contribution in [0.3, 0.4) is 0 Å². The molecule has 6 rings (SSSR count). The van der Waals surface area contributed by atoms with Crippen molar-refractivity contribution in [2.75, 3.05) is 0 Å². The first-order valence-corrected chi connectivity index (χ1v) is 10.9. The first-order valence-electron chi connectivity index (χ1n) is 10.9. The van der Waals surface area contributed by atoms with Crippen molar-refractivity contribution in [1.82, 2.24) is 0 Å². The molecule has 0 aliphatic heterocycles. The van der Waals surface area contributed by atoms with Crippen molar-refractivity contribution >= 4 is 0 Å². The Balaban J connectivity index is 1.69. The van der Waals surface area contributed by atoms with Gasteiger partial charge in [0.1, 0.15) is 11.5 Å². The van der Waals surface area contributed by atoms with Gasteiger partial charge in [0.2, 0.25) is 0 Å². The first-order chi connectivity index (χ1) is 13.3. The lowest BCUT2D eigenvalue weighted by Gasteiger charge is -2.67. The molecule has 2 aromatic carbocycles. The fourth-order valence-corrected chi connectivity index (χ4v) is 7.84. The van der Waals surface area contributed by atoms with Gasteiger partial charge in [-0.05, 0) is 109 Å². The quantitative estimate of drug-likeness (QED) is 0.661. The van der Waals surface area contributed by atoms with Gasteiger partial charge in [-0.25, -0.2) is 0 Å². The summed E-state index contributed by atoms with van der Waals surface area (Å²) in [6.45, 7) is 6.50. The third-order valence-corrected chi connectivity index (χ3v) is 8.62. The van der Waals surface area contributed by atoms with Crippen LogP contribution in [0.5, 0.6) is 11.5 Å². The van der Waals surface area contributed by atoms with Crippen LogP contribution < -0.4 is 0 Å². The molecule has 4 aliphatic carbocycles. The lowest BCUT2D eigenvalue weighted by molar-refractivity contribution is -0.0922. The van der Waals surface area contributed by atoms with Crippen molar-refractivity contribution in [3.8, 4) is 11.5 Å². The van der Waals surface area contributed by atoms with Crippen molar-refractivity contribution in [3.05, 3.63) is 58.7 Å². The second-order valence-corrected chi connectivity index (χ2v) is 10.4. The molecule has 4 saturated carbocycles. The molecular formula is C26H32O2. The number of rotatable bonds is 3. The standard InChI is InChI=1S/C26H32O2/c1-4-24-11-19-12-25(14-24,20-8-9-22(27)17(2)10-20)16-26(13-19,15-24)21-6-5-7-23(28)18(21)3/h5-10,19,27-28H,4,11-16H2,1-3H3. The number of benzene rings is 2. The minimum atomic E-state index is 0.171. The van der Waals surface area contributed by atoms with Crippen molar-refractivity contribution in [2.24, 2.45) is 11.3 Å². The smallest absolute Gasteiger partial charge is 0.118 e. The number of hydrogen-bond donors (Lipinski definition) is 2. The van der Waals surface area contributed by atoms with Crippen molar-refractivity contribution in [3.63, 3.8) is 0 Å². The molecule has 0 amide bonds. The molecule has 4 bridgehead atoms. The molecule has 2 heteroatoms. The Labute approximate surface area is 168 Å². The van der Waals surface area contributed by atoms with E-state index in [-0.39, 0.29) is 10.8 Å². The molecule has 2 nitrogen and oxygen atoms in total. The predicted octanol–water partition coefficient (Wildman–Crippen LogP) is 6.28. The van der Waals surface area contributed by atoms with Gasteiger partial charge in [-0.2, -0.15) is 0 Å². The molecule has 4 aliphatic rings. The van der Waals surface area contributed by atoms with Gasteiger partial charge in [-0.1, -0.05) is 37.6 Å². The Morgan fingerprint density at radius 2 is 1.64 bits per heavy atom. The summed E-state index contributed by atoms with van der Waals surface area (Å²) in [5, 5.41) is 20.5. The fourth-order valence-electron chi connectivity index (χ4n) is 7.84. The summed E-state index contributed by atoms with van der Waals surface area (Å²) in [5.74, 6) is 1.60. The average Bonchev–Trinajstić information content (AvgIpc) is 2.65. The molecule has 4 fully saturated rings. The molecule has 0 aromatic heterocycles. The van der Waals surface area contributed by atoms with Gasteiger partial charge < -0.3 is 10.2 Å². The molecule has 0 spiro atoms. The van der Waals surface area contributed by atoms with Crippen LogP contribution in [0.4, 0.5) is 0 Å². The van der Waals surface area contributed by atoms with Gasteiger partial charge in [0.15, 0.2) is 0 Å². The van der Waals surface area contributed by atoms with Crippen molar-refractivity contribution in [1.29, 1.82) is 0 Å². The third-order valence-electron chi connectivity index (χ3n) is 8.62. The Morgan fingerprint density at radius 1 is 0.893 bits per heavy atom. The lowest BCUT2D eigenvalue weighted by atomic mass is 9.37. The first kappa shape index (κ1) is 18.1. The van der Waals surface area contributed by atoms with Gasteiger partial charge in [0.05, 0.1) is 0 Å². The van der Waals surface area contributed by atoms with E-state index >= 15 is 0 Å². The highest BCUT2D eigenvalue weighted by Gasteiger charge is 2.63. The fraction of sp³-hybridized carbons (Fsp3) is 0.538. The molecule has 2 aromatic rings. The SMILES string of the molecule is CCC12CC3CC(c4ccc(O)c(C)c4)(C1)CC(c1cccc(O)c1C)(C3)C2. The highest BCUT2D eigenvalue weighted by atomic mass is 16.3. The van der Waals surface area contributed by atoms with Crippen molar-refractivity contribution < 1.29 is 10.2 Å². The van der Waals surface area contributed by atoms with E-state index in [1.807, 2.05) is 25.1 Å². The lowest BCUT2D eigenvalue weighted by Crippen LogP contribution is -2.60. The summed E-state index contributed by atoms with van der Waals surface area (Å²) in [6.07, 6.45) is 8.85. The van der Waals surface area contributed by atoms with Crippen LogP contribution in [0, 0.1) is 25.2 Å². The van der Waals surface area contributed by atoms with Gasteiger partial charge in [-0.15, -0.1) is 0 Å². The predicted molar refractivity (Wildman–Crippen MR) is 113 cm³/mol.